The van der Waals surface area contributed by atoms with Gasteiger partial charge in [0.2, 0.25) is 0 Å². The number of hydrogen-bond acceptors (Lipinski definition) is 4. The fourth-order valence-electron chi connectivity index (χ4n) is 2.02. The summed E-state index contributed by atoms with van der Waals surface area (Å²) in [6, 6.07) is 8.57. The lowest BCUT2D eigenvalue weighted by Gasteiger charge is -2.10. The quantitative estimate of drug-likeness (QED) is 0.789. The van der Waals surface area contributed by atoms with Crippen LogP contribution in [0.15, 0.2) is 35.2 Å². The van der Waals surface area contributed by atoms with Gasteiger partial charge < -0.3 is 10.1 Å². The summed E-state index contributed by atoms with van der Waals surface area (Å²) in [7, 11) is -3.16. The summed E-state index contributed by atoms with van der Waals surface area (Å²) in [6.45, 7) is 2.04. The maximum Gasteiger partial charge on any atom is 0.179 e. The molecule has 1 unspecified atom stereocenters. The molecule has 0 radical (unpaired) electrons. The highest BCUT2D eigenvalue weighted by Gasteiger charge is 2.16. The highest BCUT2D eigenvalue weighted by Crippen LogP contribution is 2.11. The number of sulfone groups is 1. The molecule has 100 valence electrons. The van der Waals surface area contributed by atoms with Crippen molar-refractivity contribution >= 4 is 9.84 Å². The van der Waals surface area contributed by atoms with Gasteiger partial charge in [0.25, 0.3) is 0 Å². The molecule has 0 amide bonds. The zero-order valence-corrected chi connectivity index (χ0v) is 11.2. The van der Waals surface area contributed by atoms with Crippen molar-refractivity contribution < 1.29 is 13.2 Å². The van der Waals surface area contributed by atoms with Crippen LogP contribution in [0.25, 0.3) is 0 Å². The van der Waals surface area contributed by atoms with Crippen molar-refractivity contribution in [1.82, 2.24) is 5.32 Å². The van der Waals surface area contributed by atoms with Crippen LogP contribution in [0.5, 0.6) is 0 Å². The van der Waals surface area contributed by atoms with Gasteiger partial charge in [-0.2, -0.15) is 0 Å². The van der Waals surface area contributed by atoms with Gasteiger partial charge in [-0.15, -0.1) is 0 Å². The lowest BCUT2D eigenvalue weighted by atomic mass is 10.2. The second-order valence-electron chi connectivity index (χ2n) is 4.47. The van der Waals surface area contributed by atoms with Crippen molar-refractivity contribution in [1.29, 1.82) is 0 Å². The Hall–Kier alpha value is -0.910. The van der Waals surface area contributed by atoms with Crippen molar-refractivity contribution in [2.45, 2.75) is 23.8 Å². The number of hydrogen-bond donors (Lipinski definition) is 1. The minimum absolute atomic E-state index is 0.129. The molecule has 1 atom stereocenters. The molecule has 0 aliphatic carbocycles. The topological polar surface area (TPSA) is 55.4 Å². The molecule has 0 spiro atoms. The van der Waals surface area contributed by atoms with Crippen molar-refractivity contribution in [3.05, 3.63) is 30.3 Å². The molecule has 1 aromatic rings. The lowest BCUT2D eigenvalue weighted by molar-refractivity contribution is 0.110. The fraction of sp³-hybridized carbons (Fsp3) is 0.538. The van der Waals surface area contributed by atoms with E-state index >= 15 is 0 Å². The number of rotatable bonds is 6. The summed E-state index contributed by atoms with van der Waals surface area (Å²) in [6.07, 6.45) is 2.43. The third-order valence-electron chi connectivity index (χ3n) is 3.05. The maximum absolute atomic E-state index is 12.0. The van der Waals surface area contributed by atoms with Gasteiger partial charge >= 0.3 is 0 Å². The van der Waals surface area contributed by atoms with E-state index in [-0.39, 0.29) is 11.9 Å². The number of ether oxygens (including phenoxy) is 1. The van der Waals surface area contributed by atoms with Crippen molar-refractivity contribution in [2.24, 2.45) is 0 Å². The normalized spacial score (nSPS) is 20.1. The van der Waals surface area contributed by atoms with Crippen LogP contribution in [0.3, 0.4) is 0 Å². The van der Waals surface area contributed by atoms with Crippen LogP contribution in [0.1, 0.15) is 12.8 Å². The van der Waals surface area contributed by atoms with Gasteiger partial charge in [-0.05, 0) is 25.0 Å². The van der Waals surface area contributed by atoms with Crippen molar-refractivity contribution in [3.63, 3.8) is 0 Å². The van der Waals surface area contributed by atoms with E-state index in [1.54, 1.807) is 24.3 Å². The van der Waals surface area contributed by atoms with Crippen molar-refractivity contribution in [2.75, 3.05) is 25.4 Å². The van der Waals surface area contributed by atoms with Crippen LogP contribution in [-0.4, -0.2) is 40.0 Å². The van der Waals surface area contributed by atoms with E-state index in [4.69, 9.17) is 4.74 Å². The summed E-state index contributed by atoms with van der Waals surface area (Å²) in [5.74, 6) is 0.129. The molecule has 0 saturated carbocycles. The predicted octanol–water partition coefficient (Wildman–Crippen LogP) is 1.23. The Morgan fingerprint density at radius 3 is 2.72 bits per heavy atom. The van der Waals surface area contributed by atoms with Crippen molar-refractivity contribution in [3.8, 4) is 0 Å². The molecular weight excluding hydrogens is 250 g/mol. The van der Waals surface area contributed by atoms with Crippen LogP contribution in [0.2, 0.25) is 0 Å². The van der Waals surface area contributed by atoms with Crippen LogP contribution < -0.4 is 5.32 Å². The van der Waals surface area contributed by atoms with Crippen LogP contribution in [-0.2, 0) is 14.6 Å². The molecule has 1 N–H and O–H groups in total. The molecule has 1 fully saturated rings. The Kier molecular flexibility index (Phi) is 4.74. The molecule has 1 saturated heterocycles. The second kappa shape index (κ2) is 6.31. The summed E-state index contributed by atoms with van der Waals surface area (Å²) < 4.78 is 29.4. The molecule has 18 heavy (non-hydrogen) atoms. The third kappa shape index (κ3) is 3.80. The van der Waals surface area contributed by atoms with E-state index in [9.17, 15) is 8.42 Å². The molecular formula is C13H19NO3S. The van der Waals surface area contributed by atoms with E-state index in [0.29, 0.717) is 11.4 Å². The molecule has 1 heterocycles. The number of benzene rings is 1. The van der Waals surface area contributed by atoms with E-state index in [2.05, 4.69) is 5.32 Å². The molecule has 0 aromatic heterocycles. The Bertz CT molecular complexity index is 452. The van der Waals surface area contributed by atoms with Gasteiger partial charge in [0, 0.05) is 19.7 Å². The maximum atomic E-state index is 12.0. The largest absolute Gasteiger partial charge is 0.377 e. The van der Waals surface area contributed by atoms with Gasteiger partial charge in [-0.25, -0.2) is 8.42 Å². The average Bonchev–Trinajstić information content (AvgIpc) is 2.89. The first-order valence-corrected chi connectivity index (χ1v) is 7.94. The molecule has 2 rings (SSSR count). The smallest absolute Gasteiger partial charge is 0.179 e. The Morgan fingerprint density at radius 2 is 2.06 bits per heavy atom. The minimum atomic E-state index is -3.16. The molecule has 1 aliphatic rings. The first-order chi connectivity index (χ1) is 8.68. The standard InChI is InChI=1S/C13H19NO3S/c15-18(16,13-6-2-1-3-7-13)10-8-14-11-12-5-4-9-17-12/h1-3,6-7,12,14H,4-5,8-11H2. The molecule has 1 aliphatic heterocycles. The molecule has 4 nitrogen and oxygen atoms in total. The van der Waals surface area contributed by atoms with Gasteiger partial charge in [-0.3, -0.25) is 0 Å². The van der Waals surface area contributed by atoms with Gasteiger partial charge in [0.15, 0.2) is 9.84 Å². The summed E-state index contributed by atoms with van der Waals surface area (Å²) >= 11 is 0. The highest BCUT2D eigenvalue weighted by molar-refractivity contribution is 7.91. The first kappa shape index (κ1) is 13.5. The SMILES string of the molecule is O=S(=O)(CCNCC1CCCO1)c1ccccc1. The van der Waals surface area contributed by atoms with E-state index < -0.39 is 9.84 Å². The Balaban J connectivity index is 1.75. The number of nitrogens with one attached hydrogen (secondary N) is 1. The highest BCUT2D eigenvalue weighted by atomic mass is 32.2. The lowest BCUT2D eigenvalue weighted by Crippen LogP contribution is -2.30. The zero-order valence-electron chi connectivity index (χ0n) is 10.3. The monoisotopic (exact) mass is 269 g/mol. The van der Waals surface area contributed by atoms with E-state index in [1.807, 2.05) is 6.07 Å². The second-order valence-corrected chi connectivity index (χ2v) is 6.58. The minimum Gasteiger partial charge on any atom is -0.377 e. The molecule has 0 bridgehead atoms. The Morgan fingerprint density at radius 1 is 1.28 bits per heavy atom. The van der Waals surface area contributed by atoms with E-state index in [1.165, 1.54) is 0 Å². The average molecular weight is 269 g/mol. The van der Waals surface area contributed by atoms with Crippen LogP contribution in [0.4, 0.5) is 0 Å². The van der Waals surface area contributed by atoms with Crippen LogP contribution in [0, 0.1) is 0 Å². The predicted molar refractivity (Wildman–Crippen MR) is 70.3 cm³/mol. The Labute approximate surface area is 108 Å². The van der Waals surface area contributed by atoms with Gasteiger partial charge in [0.05, 0.1) is 16.8 Å². The summed E-state index contributed by atoms with van der Waals surface area (Å²) in [4.78, 5) is 0.393. The van der Waals surface area contributed by atoms with E-state index in [0.717, 1.165) is 26.0 Å². The summed E-state index contributed by atoms with van der Waals surface area (Å²) in [5.41, 5.74) is 0. The first-order valence-electron chi connectivity index (χ1n) is 6.28. The molecule has 5 heteroatoms. The zero-order chi connectivity index (χ0) is 12.8. The van der Waals surface area contributed by atoms with Gasteiger partial charge in [-0.1, -0.05) is 18.2 Å². The van der Waals surface area contributed by atoms with Crippen LogP contribution >= 0.6 is 0 Å². The molecule has 1 aromatic carbocycles. The fourth-order valence-corrected chi connectivity index (χ4v) is 3.24. The summed E-state index contributed by atoms with van der Waals surface area (Å²) in [5, 5.41) is 3.15. The van der Waals surface area contributed by atoms with Gasteiger partial charge in [0.1, 0.15) is 0 Å². The third-order valence-corrected chi connectivity index (χ3v) is 4.78.